The van der Waals surface area contributed by atoms with E-state index in [-0.39, 0.29) is 30.4 Å². The lowest BCUT2D eigenvalue weighted by Gasteiger charge is -2.13. The predicted octanol–water partition coefficient (Wildman–Crippen LogP) is 3.77. The van der Waals surface area contributed by atoms with E-state index in [4.69, 9.17) is 32.2 Å². The summed E-state index contributed by atoms with van der Waals surface area (Å²) in [5.74, 6) is 0.329. The van der Waals surface area contributed by atoms with Crippen molar-refractivity contribution in [3.05, 3.63) is 58.4 Å². The molecular formula is C15H15Cl2FN2O2. The molecule has 22 heavy (non-hydrogen) atoms. The lowest BCUT2D eigenvalue weighted by atomic mass is 10.2. The minimum Gasteiger partial charge on any atom is -0.493 e. The van der Waals surface area contributed by atoms with Gasteiger partial charge in [0, 0.05) is 11.1 Å². The molecule has 0 aliphatic heterocycles. The largest absolute Gasteiger partial charge is 0.493 e. The van der Waals surface area contributed by atoms with E-state index in [1.165, 1.54) is 19.2 Å². The van der Waals surface area contributed by atoms with Gasteiger partial charge in [-0.05, 0) is 30.3 Å². The highest BCUT2D eigenvalue weighted by atomic mass is 35.5. The maximum atomic E-state index is 13.7. The van der Waals surface area contributed by atoms with Crippen molar-refractivity contribution in [2.24, 2.45) is 5.73 Å². The Hall–Kier alpha value is -1.98. The fourth-order valence-electron chi connectivity index (χ4n) is 1.77. The molecule has 7 heteroatoms. The highest BCUT2D eigenvalue weighted by Gasteiger charge is 2.11. The zero-order valence-corrected chi connectivity index (χ0v) is 13.3. The summed E-state index contributed by atoms with van der Waals surface area (Å²) in [7, 11) is 1.47. The maximum absolute atomic E-state index is 13.7. The lowest BCUT2D eigenvalue weighted by molar-refractivity contribution is 0.280. The van der Waals surface area contributed by atoms with Crippen molar-refractivity contribution in [3.8, 4) is 11.5 Å². The van der Waals surface area contributed by atoms with Gasteiger partial charge in [0.05, 0.1) is 12.1 Å². The summed E-state index contributed by atoms with van der Waals surface area (Å²) in [6.45, 7) is -0.0265. The molecule has 0 atom stereocenters. The van der Waals surface area contributed by atoms with Crippen molar-refractivity contribution in [3.63, 3.8) is 0 Å². The van der Waals surface area contributed by atoms with Gasteiger partial charge in [0.2, 0.25) is 0 Å². The van der Waals surface area contributed by atoms with Crippen molar-refractivity contribution in [1.29, 1.82) is 5.41 Å². The zero-order chi connectivity index (χ0) is 15.4. The number of nitrogens with two attached hydrogens (primary N) is 1. The topological polar surface area (TPSA) is 68.3 Å². The van der Waals surface area contributed by atoms with Gasteiger partial charge >= 0.3 is 0 Å². The Balaban J connectivity index is 0.00000242. The molecule has 2 rings (SSSR count). The van der Waals surface area contributed by atoms with Crippen LogP contribution in [0.2, 0.25) is 5.02 Å². The molecule has 0 aliphatic rings. The van der Waals surface area contributed by atoms with Gasteiger partial charge in [-0.15, -0.1) is 12.4 Å². The van der Waals surface area contributed by atoms with E-state index < -0.39 is 5.82 Å². The van der Waals surface area contributed by atoms with Crippen LogP contribution in [0.5, 0.6) is 11.5 Å². The zero-order valence-electron chi connectivity index (χ0n) is 11.7. The third kappa shape index (κ3) is 4.02. The number of ether oxygens (including phenoxy) is 2. The first-order valence-electron chi connectivity index (χ1n) is 6.11. The number of methoxy groups -OCH3 is 1. The van der Waals surface area contributed by atoms with Gasteiger partial charge in [-0.1, -0.05) is 17.7 Å². The van der Waals surface area contributed by atoms with Crippen LogP contribution in [0.15, 0.2) is 36.4 Å². The minimum absolute atomic E-state index is 0. The fraction of sp³-hybridized carbons (Fsp3) is 0.133. The van der Waals surface area contributed by atoms with Gasteiger partial charge < -0.3 is 15.2 Å². The van der Waals surface area contributed by atoms with E-state index in [1.807, 2.05) is 0 Å². The van der Waals surface area contributed by atoms with Crippen molar-refractivity contribution in [2.45, 2.75) is 6.61 Å². The first-order chi connectivity index (χ1) is 10.0. The molecule has 2 aromatic rings. The summed E-state index contributed by atoms with van der Waals surface area (Å²) < 4.78 is 24.4. The van der Waals surface area contributed by atoms with Gasteiger partial charge in [0.25, 0.3) is 0 Å². The number of hydrogen-bond acceptors (Lipinski definition) is 3. The Bertz CT molecular complexity index is 660. The van der Waals surface area contributed by atoms with Crippen LogP contribution in [-0.2, 0) is 6.61 Å². The SMILES string of the molecule is COc1cc(C(=N)N)ccc1OCc1c(F)cccc1Cl.Cl. The lowest BCUT2D eigenvalue weighted by Crippen LogP contribution is -2.11. The summed E-state index contributed by atoms with van der Waals surface area (Å²) in [4.78, 5) is 0. The van der Waals surface area contributed by atoms with Crippen LogP contribution >= 0.6 is 24.0 Å². The normalized spacial score (nSPS) is 9.77. The van der Waals surface area contributed by atoms with E-state index in [2.05, 4.69) is 0 Å². The average molecular weight is 345 g/mol. The third-order valence-electron chi connectivity index (χ3n) is 2.91. The van der Waals surface area contributed by atoms with Crippen LogP contribution in [-0.4, -0.2) is 12.9 Å². The van der Waals surface area contributed by atoms with Crippen LogP contribution in [0.4, 0.5) is 4.39 Å². The molecule has 3 N–H and O–H groups in total. The van der Waals surface area contributed by atoms with Gasteiger partial charge in [-0.25, -0.2) is 4.39 Å². The number of hydrogen-bond donors (Lipinski definition) is 2. The van der Waals surface area contributed by atoms with Crippen LogP contribution in [0, 0.1) is 11.2 Å². The molecule has 4 nitrogen and oxygen atoms in total. The molecule has 2 aromatic carbocycles. The van der Waals surface area contributed by atoms with Crippen molar-refractivity contribution >= 4 is 29.8 Å². The number of rotatable bonds is 5. The van der Waals surface area contributed by atoms with Gasteiger partial charge in [-0.3, -0.25) is 5.41 Å². The molecule has 0 saturated carbocycles. The van der Waals surface area contributed by atoms with Crippen molar-refractivity contribution < 1.29 is 13.9 Å². The quantitative estimate of drug-likeness (QED) is 0.640. The Morgan fingerprint density at radius 1 is 1.27 bits per heavy atom. The van der Waals surface area contributed by atoms with Crippen molar-refractivity contribution in [2.75, 3.05) is 7.11 Å². The van der Waals surface area contributed by atoms with Gasteiger partial charge in [0.1, 0.15) is 18.3 Å². The molecule has 118 valence electrons. The molecular weight excluding hydrogens is 330 g/mol. The maximum Gasteiger partial charge on any atom is 0.161 e. The second kappa shape index (κ2) is 7.87. The van der Waals surface area contributed by atoms with E-state index in [0.29, 0.717) is 22.1 Å². The molecule has 0 heterocycles. The molecule has 0 radical (unpaired) electrons. The Kier molecular flexibility index (Phi) is 6.46. The molecule has 0 saturated heterocycles. The Morgan fingerprint density at radius 3 is 2.59 bits per heavy atom. The van der Waals surface area contributed by atoms with E-state index in [9.17, 15) is 4.39 Å². The van der Waals surface area contributed by atoms with Crippen LogP contribution in [0.25, 0.3) is 0 Å². The van der Waals surface area contributed by atoms with E-state index in [1.54, 1.807) is 24.3 Å². The second-order valence-electron chi connectivity index (χ2n) is 4.27. The molecule has 0 aromatic heterocycles. The van der Waals surface area contributed by atoms with Gasteiger partial charge in [0.15, 0.2) is 11.5 Å². The molecule has 0 spiro atoms. The number of benzene rings is 2. The summed E-state index contributed by atoms with van der Waals surface area (Å²) in [6, 6.07) is 9.28. The summed E-state index contributed by atoms with van der Waals surface area (Å²) in [6.07, 6.45) is 0. The highest BCUT2D eigenvalue weighted by Crippen LogP contribution is 2.30. The standard InChI is InChI=1S/C15H14ClFN2O2.ClH/c1-20-14-7-9(15(18)19)5-6-13(14)21-8-10-11(16)3-2-4-12(10)17;/h2-7H,8H2,1H3,(H3,18,19);1H. The summed E-state index contributed by atoms with van der Waals surface area (Å²) in [5, 5.41) is 7.69. The monoisotopic (exact) mass is 344 g/mol. The second-order valence-corrected chi connectivity index (χ2v) is 4.68. The van der Waals surface area contributed by atoms with Crippen LogP contribution in [0.1, 0.15) is 11.1 Å². The molecule has 0 bridgehead atoms. The Morgan fingerprint density at radius 2 is 2.00 bits per heavy atom. The number of nitrogen functional groups attached to an aromatic ring is 1. The number of amidine groups is 1. The molecule has 0 unspecified atom stereocenters. The number of nitrogens with one attached hydrogen (secondary N) is 1. The predicted molar refractivity (Wildman–Crippen MR) is 87.0 cm³/mol. The molecule has 0 fully saturated rings. The smallest absolute Gasteiger partial charge is 0.161 e. The third-order valence-corrected chi connectivity index (χ3v) is 3.26. The molecule has 0 amide bonds. The molecule has 0 aliphatic carbocycles. The summed E-state index contributed by atoms with van der Waals surface area (Å²) in [5.41, 5.74) is 6.20. The van der Waals surface area contributed by atoms with Crippen LogP contribution in [0.3, 0.4) is 0 Å². The van der Waals surface area contributed by atoms with E-state index in [0.717, 1.165) is 0 Å². The van der Waals surface area contributed by atoms with Crippen LogP contribution < -0.4 is 15.2 Å². The number of halogens is 3. The fourth-order valence-corrected chi connectivity index (χ4v) is 1.99. The first-order valence-corrected chi connectivity index (χ1v) is 6.49. The minimum atomic E-state index is -0.429. The van der Waals surface area contributed by atoms with E-state index >= 15 is 0 Å². The van der Waals surface area contributed by atoms with Crippen molar-refractivity contribution in [1.82, 2.24) is 0 Å². The highest BCUT2D eigenvalue weighted by molar-refractivity contribution is 6.31. The van der Waals surface area contributed by atoms with Gasteiger partial charge in [-0.2, -0.15) is 0 Å². The summed E-state index contributed by atoms with van der Waals surface area (Å²) >= 11 is 5.94. The first kappa shape index (κ1) is 18.1. The average Bonchev–Trinajstić information content (AvgIpc) is 2.46. The Labute approximate surface area is 138 Å².